The molecular formula is C21H23FN4O4. The number of carbonyl (C=O) groups excluding carboxylic acids is 1. The average molecular weight is 414 g/mol. The van der Waals surface area contributed by atoms with E-state index in [2.05, 4.69) is 15.6 Å². The Balaban J connectivity index is 1.46. The Labute approximate surface area is 172 Å². The first-order chi connectivity index (χ1) is 14.4. The van der Waals surface area contributed by atoms with Gasteiger partial charge in [-0.3, -0.25) is 9.48 Å². The van der Waals surface area contributed by atoms with Crippen LogP contribution in [0.2, 0.25) is 0 Å². The molecule has 1 unspecified atom stereocenters. The minimum absolute atomic E-state index is 0.126. The summed E-state index contributed by atoms with van der Waals surface area (Å²) in [5.74, 6) is 0.221. The van der Waals surface area contributed by atoms with Gasteiger partial charge >= 0.3 is 0 Å². The standard InChI is InChI=1S/C21H23FN4O4/c1-12-15(20(25-30-12)13-6-8-14(22)9-7-13)11-29-19-10-17(26(2)24-19)21(28)23-16-4-3-5-18(16)27/h6-10,16,18,27H,3-5,11H2,1-2H3,(H,23,28)/t16-,18?/m1/s1. The smallest absolute Gasteiger partial charge is 0.269 e. The van der Waals surface area contributed by atoms with Gasteiger partial charge < -0.3 is 19.7 Å². The summed E-state index contributed by atoms with van der Waals surface area (Å²) in [6, 6.07) is 7.27. The van der Waals surface area contributed by atoms with Crippen molar-refractivity contribution in [1.82, 2.24) is 20.3 Å². The first-order valence-electron chi connectivity index (χ1n) is 9.79. The fraction of sp³-hybridized carbons (Fsp3) is 0.381. The van der Waals surface area contributed by atoms with Crippen LogP contribution < -0.4 is 10.1 Å². The summed E-state index contributed by atoms with van der Waals surface area (Å²) in [7, 11) is 1.65. The number of rotatable bonds is 6. The minimum atomic E-state index is -0.514. The molecule has 1 fully saturated rings. The molecule has 2 atom stereocenters. The largest absolute Gasteiger partial charge is 0.471 e. The Bertz CT molecular complexity index is 1040. The van der Waals surface area contributed by atoms with E-state index >= 15 is 0 Å². The van der Waals surface area contributed by atoms with Crippen LogP contribution in [0.4, 0.5) is 4.39 Å². The normalized spacial score (nSPS) is 18.5. The SMILES string of the molecule is Cc1onc(-c2ccc(F)cc2)c1COc1cc(C(=O)N[C@@H]2CCCC2O)n(C)n1. The molecular weight excluding hydrogens is 391 g/mol. The van der Waals surface area contributed by atoms with Crippen molar-refractivity contribution in [2.45, 2.75) is 44.9 Å². The molecule has 1 aromatic carbocycles. The molecule has 8 nitrogen and oxygen atoms in total. The summed E-state index contributed by atoms with van der Waals surface area (Å²) in [4.78, 5) is 12.5. The molecule has 3 aromatic rings. The second kappa shape index (κ2) is 8.27. The Morgan fingerprint density at radius 3 is 2.83 bits per heavy atom. The van der Waals surface area contributed by atoms with E-state index in [0.29, 0.717) is 34.7 Å². The van der Waals surface area contributed by atoms with Crippen LogP contribution in [0.1, 0.15) is 41.1 Å². The van der Waals surface area contributed by atoms with Gasteiger partial charge in [-0.25, -0.2) is 4.39 Å². The summed E-state index contributed by atoms with van der Waals surface area (Å²) < 4.78 is 25.7. The maximum absolute atomic E-state index is 13.2. The first kappa shape index (κ1) is 20.1. The number of ether oxygens (including phenoxy) is 1. The molecule has 1 aliphatic rings. The fourth-order valence-electron chi connectivity index (χ4n) is 3.62. The van der Waals surface area contributed by atoms with Crippen molar-refractivity contribution < 1.29 is 23.6 Å². The van der Waals surface area contributed by atoms with Crippen LogP contribution in [0, 0.1) is 12.7 Å². The summed E-state index contributed by atoms with van der Waals surface area (Å²) in [6.45, 7) is 1.89. The number of nitrogens with one attached hydrogen (secondary N) is 1. The molecule has 1 aliphatic carbocycles. The monoisotopic (exact) mass is 414 g/mol. The molecule has 2 N–H and O–H groups in total. The molecule has 1 amide bonds. The highest BCUT2D eigenvalue weighted by molar-refractivity contribution is 5.93. The van der Waals surface area contributed by atoms with Crippen LogP contribution >= 0.6 is 0 Å². The van der Waals surface area contributed by atoms with Crippen LogP contribution in [0.25, 0.3) is 11.3 Å². The van der Waals surface area contributed by atoms with Gasteiger partial charge in [0, 0.05) is 18.7 Å². The second-order valence-corrected chi connectivity index (χ2v) is 7.43. The van der Waals surface area contributed by atoms with Crippen LogP contribution in [0.3, 0.4) is 0 Å². The lowest BCUT2D eigenvalue weighted by Crippen LogP contribution is -2.40. The highest BCUT2D eigenvalue weighted by Gasteiger charge is 2.28. The molecule has 2 heterocycles. The predicted molar refractivity (Wildman–Crippen MR) is 105 cm³/mol. The number of halogens is 1. The van der Waals surface area contributed by atoms with Crippen molar-refractivity contribution in [1.29, 1.82) is 0 Å². The van der Waals surface area contributed by atoms with E-state index in [1.807, 2.05) is 0 Å². The topological polar surface area (TPSA) is 102 Å². The van der Waals surface area contributed by atoms with Gasteiger partial charge in [-0.15, -0.1) is 5.10 Å². The minimum Gasteiger partial charge on any atom is -0.471 e. The number of aliphatic hydroxyl groups is 1. The molecule has 0 spiro atoms. The van der Waals surface area contributed by atoms with Crippen LogP contribution in [-0.4, -0.2) is 38.1 Å². The number of aromatic nitrogens is 3. The highest BCUT2D eigenvalue weighted by Crippen LogP contribution is 2.27. The van der Waals surface area contributed by atoms with Crippen molar-refractivity contribution in [3.05, 3.63) is 53.2 Å². The van der Waals surface area contributed by atoms with Gasteiger partial charge in [-0.05, 0) is 50.5 Å². The zero-order valence-electron chi connectivity index (χ0n) is 16.8. The van der Waals surface area contributed by atoms with E-state index in [-0.39, 0.29) is 30.3 Å². The summed E-state index contributed by atoms with van der Waals surface area (Å²) in [5, 5.41) is 21.1. The lowest BCUT2D eigenvalue weighted by atomic mass is 10.1. The summed E-state index contributed by atoms with van der Waals surface area (Å²) >= 11 is 0. The molecule has 0 radical (unpaired) electrons. The van der Waals surface area contributed by atoms with Crippen molar-refractivity contribution >= 4 is 5.91 Å². The molecule has 4 rings (SSSR count). The van der Waals surface area contributed by atoms with E-state index in [1.165, 1.54) is 16.8 Å². The van der Waals surface area contributed by atoms with Crippen molar-refractivity contribution in [2.75, 3.05) is 0 Å². The van der Waals surface area contributed by atoms with E-state index in [1.54, 1.807) is 32.2 Å². The van der Waals surface area contributed by atoms with E-state index in [9.17, 15) is 14.3 Å². The van der Waals surface area contributed by atoms with E-state index in [4.69, 9.17) is 9.26 Å². The average Bonchev–Trinajstić information content (AvgIpc) is 3.40. The van der Waals surface area contributed by atoms with Gasteiger partial charge in [-0.2, -0.15) is 0 Å². The Morgan fingerprint density at radius 2 is 2.13 bits per heavy atom. The second-order valence-electron chi connectivity index (χ2n) is 7.43. The van der Waals surface area contributed by atoms with E-state index < -0.39 is 6.10 Å². The van der Waals surface area contributed by atoms with Crippen LogP contribution in [0.15, 0.2) is 34.9 Å². The third kappa shape index (κ3) is 4.06. The zero-order chi connectivity index (χ0) is 21.3. The molecule has 0 aliphatic heterocycles. The number of hydrogen-bond acceptors (Lipinski definition) is 6. The molecule has 0 bridgehead atoms. The first-order valence-corrected chi connectivity index (χ1v) is 9.79. The number of hydrogen-bond donors (Lipinski definition) is 2. The lowest BCUT2D eigenvalue weighted by molar-refractivity contribution is 0.0864. The zero-order valence-corrected chi connectivity index (χ0v) is 16.8. The van der Waals surface area contributed by atoms with Crippen LogP contribution in [-0.2, 0) is 13.7 Å². The molecule has 158 valence electrons. The third-order valence-electron chi connectivity index (χ3n) is 5.35. The summed E-state index contributed by atoms with van der Waals surface area (Å²) in [6.07, 6.45) is 1.83. The quantitative estimate of drug-likeness (QED) is 0.643. The Hall–Kier alpha value is -3.20. The van der Waals surface area contributed by atoms with Gasteiger partial charge in [0.05, 0.1) is 17.7 Å². The van der Waals surface area contributed by atoms with Crippen molar-refractivity contribution in [3.8, 4) is 17.1 Å². The van der Waals surface area contributed by atoms with Crippen LogP contribution in [0.5, 0.6) is 5.88 Å². The lowest BCUT2D eigenvalue weighted by Gasteiger charge is -2.16. The predicted octanol–water partition coefficient (Wildman–Crippen LogP) is 2.74. The summed E-state index contributed by atoms with van der Waals surface area (Å²) in [5.41, 5.74) is 2.33. The van der Waals surface area contributed by atoms with Crippen molar-refractivity contribution in [3.63, 3.8) is 0 Å². The molecule has 2 aromatic heterocycles. The number of nitrogens with zero attached hydrogens (tertiary/aromatic N) is 3. The van der Waals surface area contributed by atoms with Crippen molar-refractivity contribution in [2.24, 2.45) is 7.05 Å². The number of amides is 1. The van der Waals surface area contributed by atoms with Gasteiger partial charge in [0.1, 0.15) is 29.6 Å². The number of aryl methyl sites for hydroxylation is 2. The molecule has 1 saturated carbocycles. The molecule has 30 heavy (non-hydrogen) atoms. The Kier molecular flexibility index (Phi) is 5.54. The maximum atomic E-state index is 13.2. The number of aliphatic hydroxyl groups excluding tert-OH is 1. The van der Waals surface area contributed by atoms with Gasteiger partial charge in [0.25, 0.3) is 5.91 Å². The number of benzene rings is 1. The maximum Gasteiger partial charge on any atom is 0.269 e. The number of carbonyl (C=O) groups is 1. The van der Waals surface area contributed by atoms with Gasteiger partial charge in [0.2, 0.25) is 5.88 Å². The highest BCUT2D eigenvalue weighted by atomic mass is 19.1. The third-order valence-corrected chi connectivity index (χ3v) is 5.35. The Morgan fingerprint density at radius 1 is 1.37 bits per heavy atom. The fourth-order valence-corrected chi connectivity index (χ4v) is 3.62. The van der Waals surface area contributed by atoms with Gasteiger partial charge in [0.15, 0.2) is 0 Å². The van der Waals surface area contributed by atoms with E-state index in [0.717, 1.165) is 12.8 Å². The van der Waals surface area contributed by atoms with Gasteiger partial charge in [-0.1, -0.05) is 5.16 Å². The molecule has 0 saturated heterocycles. The molecule has 9 heteroatoms.